The first-order valence-corrected chi connectivity index (χ1v) is 13.3. The number of nitrogens with zero attached hydrogens (tertiary/aromatic N) is 2. The molecule has 2 aliphatic heterocycles. The molecular formula is C19H20BIN2O6S2. The Morgan fingerprint density at radius 1 is 1.00 bits per heavy atom. The lowest BCUT2D eigenvalue weighted by Crippen LogP contribution is -2.41. The third-order valence-electron chi connectivity index (χ3n) is 5.99. The molecule has 0 amide bonds. The van der Waals surface area contributed by atoms with Gasteiger partial charge in [-0.05, 0) is 79.1 Å². The summed E-state index contributed by atoms with van der Waals surface area (Å²) in [6.07, 6.45) is 0. The molecule has 8 nitrogen and oxygen atoms in total. The van der Waals surface area contributed by atoms with Gasteiger partial charge in [-0.1, -0.05) is 12.1 Å². The number of rotatable bonds is 3. The second-order valence-corrected chi connectivity index (χ2v) is 11.8. The van der Waals surface area contributed by atoms with Gasteiger partial charge >= 0.3 is 7.55 Å². The fourth-order valence-corrected chi connectivity index (χ4v) is 7.19. The van der Waals surface area contributed by atoms with E-state index in [9.17, 15) is 25.9 Å². The lowest BCUT2D eigenvalue weighted by atomic mass is 9.88. The highest BCUT2D eigenvalue weighted by Crippen LogP contribution is 2.46. The van der Waals surface area contributed by atoms with Crippen LogP contribution in [-0.2, 0) is 20.2 Å². The van der Waals surface area contributed by atoms with E-state index in [-0.39, 0.29) is 17.3 Å². The molecule has 0 aliphatic carbocycles. The summed E-state index contributed by atoms with van der Waals surface area (Å²) in [6.45, 7) is 6.57. The van der Waals surface area contributed by atoms with Crippen LogP contribution in [0, 0.1) is 17.4 Å². The Bertz CT molecular complexity index is 1410. The summed E-state index contributed by atoms with van der Waals surface area (Å²) in [4.78, 5) is 1.62. The monoisotopic (exact) mass is 574 g/mol. The maximum Gasteiger partial charge on any atom is 0.361 e. The van der Waals surface area contributed by atoms with Gasteiger partial charge in [0.1, 0.15) is 4.90 Å². The minimum absolute atomic E-state index is 0.0680. The molecule has 1 unspecified atom stereocenters. The van der Waals surface area contributed by atoms with Crippen LogP contribution in [-0.4, -0.2) is 48.8 Å². The topological polar surface area (TPSA) is 117 Å². The van der Waals surface area contributed by atoms with Crippen LogP contribution in [0.5, 0.6) is 0 Å². The van der Waals surface area contributed by atoms with Crippen molar-refractivity contribution in [3.05, 3.63) is 66.5 Å². The Hall–Kier alpha value is -1.61. The predicted octanol–water partition coefficient (Wildman–Crippen LogP) is 2.71. The van der Waals surface area contributed by atoms with E-state index in [0.717, 1.165) is 9.13 Å². The normalized spacial score (nSPS) is 18.9. The Kier molecular flexibility index (Phi) is 5.25. The summed E-state index contributed by atoms with van der Waals surface area (Å²) in [5.74, 6) is 0. The minimum atomic E-state index is -4.47. The number of halogens is 1. The number of aromatic nitrogens is 1. The first-order chi connectivity index (χ1) is 14.2. The molecule has 2 N–H and O–H groups in total. The molecule has 0 saturated carbocycles. The predicted molar refractivity (Wildman–Crippen MR) is 127 cm³/mol. The zero-order valence-electron chi connectivity index (χ0n) is 17.2. The SMILES string of the molecule is CC1=C(S(=O)(=O)O)C(C)N2Bn3c(C)c(S(=O)(=O)O)c(C)c3C(c3ccc(I)cc3)=C12. The van der Waals surface area contributed by atoms with Crippen LogP contribution in [0.25, 0.3) is 5.57 Å². The van der Waals surface area contributed by atoms with Gasteiger partial charge in [-0.2, -0.15) is 16.8 Å². The molecule has 1 atom stereocenters. The first kappa shape index (κ1) is 22.6. The molecule has 4 rings (SSSR count). The molecule has 0 spiro atoms. The second kappa shape index (κ2) is 7.20. The summed E-state index contributed by atoms with van der Waals surface area (Å²) < 4.78 is 71.0. The smallest absolute Gasteiger partial charge is 0.361 e. The molecule has 3 heterocycles. The number of benzene rings is 1. The van der Waals surface area contributed by atoms with Crippen molar-refractivity contribution in [1.82, 2.24) is 9.29 Å². The molecule has 2 aromatic rings. The van der Waals surface area contributed by atoms with Crippen LogP contribution >= 0.6 is 22.6 Å². The average Bonchev–Trinajstić information content (AvgIpc) is 3.05. The minimum Gasteiger partial charge on any atom is -0.391 e. The molecule has 0 fully saturated rings. The van der Waals surface area contributed by atoms with Gasteiger partial charge in [0.05, 0.1) is 10.9 Å². The zero-order chi connectivity index (χ0) is 23.0. The summed E-state index contributed by atoms with van der Waals surface area (Å²) in [5, 5.41) is 0. The van der Waals surface area contributed by atoms with Crippen molar-refractivity contribution in [2.75, 3.05) is 0 Å². The van der Waals surface area contributed by atoms with Crippen LogP contribution in [0.4, 0.5) is 0 Å². The molecule has 1 aromatic carbocycles. The standard InChI is InChI=1S/C19H20BIN2O6S2/c1-9-16-15(13-5-7-14(21)8-6-13)17-10(2)19(31(27,28)29)12(4)23(17)20-22(16)11(3)18(9)30(24,25)26/h5-8,11,20H,1-4H3,(H,24,25,26)(H,27,28,29). The Balaban J connectivity index is 2.17. The highest BCUT2D eigenvalue weighted by molar-refractivity contribution is 14.1. The van der Waals surface area contributed by atoms with Crippen molar-refractivity contribution in [2.45, 2.75) is 38.6 Å². The van der Waals surface area contributed by atoms with E-state index in [1.165, 1.54) is 0 Å². The quantitative estimate of drug-likeness (QED) is 0.329. The van der Waals surface area contributed by atoms with Crippen LogP contribution in [0.1, 0.15) is 36.4 Å². The molecular weight excluding hydrogens is 554 g/mol. The summed E-state index contributed by atoms with van der Waals surface area (Å²) >= 11 is 2.18. The van der Waals surface area contributed by atoms with Crippen LogP contribution in [0.2, 0.25) is 0 Å². The van der Waals surface area contributed by atoms with E-state index in [1.807, 2.05) is 29.1 Å². The maximum absolute atomic E-state index is 12.1. The molecule has 164 valence electrons. The Morgan fingerprint density at radius 3 is 2.10 bits per heavy atom. The number of hydrogen-bond donors (Lipinski definition) is 2. The van der Waals surface area contributed by atoms with Crippen molar-refractivity contribution < 1.29 is 25.9 Å². The van der Waals surface area contributed by atoms with E-state index < -0.39 is 26.3 Å². The van der Waals surface area contributed by atoms with Crippen LogP contribution < -0.4 is 0 Å². The van der Waals surface area contributed by atoms with Crippen molar-refractivity contribution in [2.24, 2.45) is 0 Å². The van der Waals surface area contributed by atoms with E-state index >= 15 is 0 Å². The van der Waals surface area contributed by atoms with Crippen LogP contribution in [0.3, 0.4) is 0 Å². The summed E-state index contributed by atoms with van der Waals surface area (Å²) in [7, 11) is -8.72. The molecule has 31 heavy (non-hydrogen) atoms. The van der Waals surface area contributed by atoms with Gasteiger partial charge in [0.25, 0.3) is 20.2 Å². The molecule has 0 saturated heterocycles. The van der Waals surface area contributed by atoms with E-state index in [2.05, 4.69) is 22.6 Å². The molecule has 0 radical (unpaired) electrons. The Labute approximate surface area is 195 Å². The van der Waals surface area contributed by atoms with Gasteiger partial charge in [-0.15, -0.1) is 0 Å². The van der Waals surface area contributed by atoms with Crippen molar-refractivity contribution in [3.63, 3.8) is 0 Å². The van der Waals surface area contributed by atoms with Crippen molar-refractivity contribution in [1.29, 1.82) is 0 Å². The van der Waals surface area contributed by atoms with Crippen molar-refractivity contribution in [3.8, 4) is 0 Å². The first-order valence-electron chi connectivity index (χ1n) is 9.38. The molecule has 0 bridgehead atoms. The molecule has 2 aliphatic rings. The van der Waals surface area contributed by atoms with E-state index in [1.54, 1.807) is 32.2 Å². The van der Waals surface area contributed by atoms with Gasteiger partial charge in [0.2, 0.25) is 0 Å². The van der Waals surface area contributed by atoms with Gasteiger partial charge in [-0.25, -0.2) is 0 Å². The van der Waals surface area contributed by atoms with Gasteiger partial charge < -0.3 is 9.29 Å². The number of fused-ring (bicyclic) bond motifs is 2. The lowest BCUT2D eigenvalue weighted by molar-refractivity contribution is 0.467. The maximum atomic E-state index is 12.1. The van der Waals surface area contributed by atoms with Gasteiger partial charge in [-0.3, -0.25) is 9.11 Å². The van der Waals surface area contributed by atoms with E-state index in [0.29, 0.717) is 33.8 Å². The number of hydrogen-bond acceptors (Lipinski definition) is 5. The third-order valence-corrected chi connectivity index (χ3v) is 9.03. The fraction of sp³-hybridized carbons (Fsp3) is 0.263. The number of allylic oxidation sites excluding steroid dienone is 1. The molecule has 12 heteroatoms. The lowest BCUT2D eigenvalue weighted by Gasteiger charge is -2.35. The van der Waals surface area contributed by atoms with Gasteiger partial charge in [0, 0.05) is 26.2 Å². The second-order valence-electron chi connectivity index (χ2n) is 7.77. The molecule has 1 aromatic heterocycles. The van der Waals surface area contributed by atoms with Crippen LogP contribution in [0.15, 0.2) is 45.3 Å². The summed E-state index contributed by atoms with van der Waals surface area (Å²) in [5.41, 5.74) is 3.82. The largest absolute Gasteiger partial charge is 0.391 e. The average molecular weight is 574 g/mol. The summed E-state index contributed by atoms with van der Waals surface area (Å²) in [6, 6.07) is 6.94. The fourth-order valence-electron chi connectivity index (χ4n) is 4.82. The van der Waals surface area contributed by atoms with E-state index in [4.69, 9.17) is 0 Å². The van der Waals surface area contributed by atoms with Crippen molar-refractivity contribution >= 4 is 55.9 Å². The highest BCUT2D eigenvalue weighted by atomic mass is 127. The highest BCUT2D eigenvalue weighted by Gasteiger charge is 2.44. The Morgan fingerprint density at radius 2 is 1.58 bits per heavy atom. The third kappa shape index (κ3) is 3.39. The van der Waals surface area contributed by atoms with Gasteiger partial charge in [0.15, 0.2) is 0 Å². The zero-order valence-corrected chi connectivity index (χ0v) is 21.0.